The van der Waals surface area contributed by atoms with E-state index in [0.717, 1.165) is 12.3 Å². The van der Waals surface area contributed by atoms with Crippen LogP contribution in [-0.4, -0.2) is 66.8 Å². The summed E-state index contributed by atoms with van der Waals surface area (Å²) in [7, 11) is 0. The molecule has 1 saturated heterocycles. The maximum atomic E-state index is 13.1. The van der Waals surface area contributed by atoms with Crippen LogP contribution in [0.3, 0.4) is 0 Å². The highest BCUT2D eigenvalue weighted by atomic mass is 16.5. The van der Waals surface area contributed by atoms with Crippen LogP contribution in [0.25, 0.3) is 22.1 Å². The Labute approximate surface area is 174 Å². The molecule has 5 atom stereocenters. The van der Waals surface area contributed by atoms with E-state index in [0.29, 0.717) is 5.56 Å². The molecular formula is C21H20O10. The summed E-state index contributed by atoms with van der Waals surface area (Å²) >= 11 is 0. The molecular weight excluding hydrogens is 412 g/mol. The predicted molar refractivity (Wildman–Crippen MR) is 106 cm³/mol. The Hall–Kier alpha value is -3.15. The minimum Gasteiger partial charge on any atom is -0.508 e. The highest BCUT2D eigenvalue weighted by Gasteiger charge is 2.46. The number of phenolic OH excluding ortho intramolecular Hbond substituents is 3. The summed E-state index contributed by atoms with van der Waals surface area (Å²) in [5.41, 5.74) is -0.729. The van der Waals surface area contributed by atoms with Crippen LogP contribution in [0, 0.1) is 0 Å². The van der Waals surface area contributed by atoms with Gasteiger partial charge < -0.3 is 44.9 Å². The van der Waals surface area contributed by atoms with E-state index in [2.05, 4.69) is 0 Å². The number of phenols is 3. The van der Waals surface area contributed by atoms with Crippen molar-refractivity contribution in [3.05, 3.63) is 52.4 Å². The van der Waals surface area contributed by atoms with Gasteiger partial charge in [-0.25, -0.2) is 0 Å². The number of aliphatic hydroxyl groups is 4. The molecule has 0 radical (unpaired) electrons. The average molecular weight is 432 g/mol. The van der Waals surface area contributed by atoms with Crippen LogP contribution >= 0.6 is 0 Å². The number of ether oxygens (including phenoxy) is 1. The molecule has 0 bridgehead atoms. The maximum absolute atomic E-state index is 13.1. The lowest BCUT2D eigenvalue weighted by atomic mass is 9.89. The zero-order valence-corrected chi connectivity index (χ0v) is 15.9. The molecule has 0 unspecified atom stereocenters. The van der Waals surface area contributed by atoms with Gasteiger partial charge in [0.15, 0.2) is 5.58 Å². The largest absolute Gasteiger partial charge is 0.508 e. The fourth-order valence-corrected chi connectivity index (χ4v) is 3.75. The molecule has 1 fully saturated rings. The van der Waals surface area contributed by atoms with Gasteiger partial charge in [-0.15, -0.1) is 0 Å². The van der Waals surface area contributed by atoms with Crippen molar-refractivity contribution in [1.82, 2.24) is 0 Å². The summed E-state index contributed by atoms with van der Waals surface area (Å²) in [4.78, 5) is 13.1. The molecule has 10 heteroatoms. The summed E-state index contributed by atoms with van der Waals surface area (Å²) < 4.78 is 11.0. The Bertz CT molecular complexity index is 1170. The lowest BCUT2D eigenvalue weighted by Crippen LogP contribution is -2.55. The first-order chi connectivity index (χ1) is 14.7. The lowest BCUT2D eigenvalue weighted by Gasteiger charge is -2.40. The van der Waals surface area contributed by atoms with Gasteiger partial charge in [-0.3, -0.25) is 4.79 Å². The number of benzene rings is 2. The molecule has 4 rings (SSSR count). The van der Waals surface area contributed by atoms with Crippen molar-refractivity contribution in [3.8, 4) is 28.4 Å². The van der Waals surface area contributed by atoms with E-state index in [1.54, 1.807) is 0 Å². The second-order valence-electron chi connectivity index (χ2n) is 7.31. The van der Waals surface area contributed by atoms with Crippen molar-refractivity contribution >= 4 is 11.0 Å². The molecule has 1 aliphatic rings. The van der Waals surface area contributed by atoms with Crippen molar-refractivity contribution in [2.75, 3.05) is 6.61 Å². The second kappa shape index (κ2) is 7.84. The normalized spacial score (nSPS) is 26.3. The fourth-order valence-electron chi connectivity index (χ4n) is 3.75. The topological polar surface area (TPSA) is 181 Å². The summed E-state index contributed by atoms with van der Waals surface area (Å²) in [5.74, 6) is -1.18. The van der Waals surface area contributed by atoms with Gasteiger partial charge in [0.05, 0.1) is 17.7 Å². The molecule has 2 aromatic carbocycles. The predicted octanol–water partition coefficient (Wildman–Crippen LogP) is 0.0917. The monoisotopic (exact) mass is 432 g/mol. The van der Waals surface area contributed by atoms with Crippen LogP contribution in [0.1, 0.15) is 11.7 Å². The molecule has 1 aliphatic heterocycles. The zero-order valence-electron chi connectivity index (χ0n) is 15.9. The first-order valence-electron chi connectivity index (χ1n) is 9.34. The number of fused-ring (bicyclic) bond motifs is 1. The number of aromatic hydroxyl groups is 3. The number of aliphatic hydroxyl groups excluding tert-OH is 4. The summed E-state index contributed by atoms with van der Waals surface area (Å²) in [6.45, 7) is -0.687. The van der Waals surface area contributed by atoms with E-state index in [9.17, 15) is 40.5 Å². The van der Waals surface area contributed by atoms with Crippen LogP contribution in [0.4, 0.5) is 0 Å². The second-order valence-corrected chi connectivity index (χ2v) is 7.31. The number of hydrogen-bond acceptors (Lipinski definition) is 10. The standard InChI is InChI=1S/C21H20O10/c22-6-13-17(27)18(28)19(29)21(31-13)15-12(25)5-11(24)14-16(26)10(7-30-20(14)15)8-1-3-9(23)4-2-8/h1-5,7,13,17-19,21-25,27-29H,6H2/t13-,17+,18-,19-,21-/m0/s1. The van der Waals surface area contributed by atoms with Gasteiger partial charge in [0.2, 0.25) is 5.43 Å². The molecule has 0 spiro atoms. The van der Waals surface area contributed by atoms with E-state index in [1.807, 2.05) is 0 Å². The Kier molecular flexibility index (Phi) is 5.33. The van der Waals surface area contributed by atoms with Crippen molar-refractivity contribution in [1.29, 1.82) is 0 Å². The first-order valence-corrected chi connectivity index (χ1v) is 9.34. The van der Waals surface area contributed by atoms with Gasteiger partial charge in [0.25, 0.3) is 0 Å². The first kappa shape index (κ1) is 21.1. The van der Waals surface area contributed by atoms with Crippen LogP contribution in [0.15, 0.2) is 45.8 Å². The zero-order chi connectivity index (χ0) is 22.4. The minimum absolute atomic E-state index is 0.00778. The Morgan fingerprint density at radius 1 is 0.903 bits per heavy atom. The molecule has 10 nitrogen and oxygen atoms in total. The summed E-state index contributed by atoms with van der Waals surface area (Å²) in [6, 6.07) is 6.56. The fraction of sp³-hybridized carbons (Fsp3) is 0.286. The molecule has 7 N–H and O–H groups in total. The highest BCUT2D eigenvalue weighted by molar-refractivity contribution is 5.91. The van der Waals surface area contributed by atoms with E-state index in [-0.39, 0.29) is 27.8 Å². The maximum Gasteiger partial charge on any atom is 0.204 e. The number of rotatable bonds is 3. The van der Waals surface area contributed by atoms with Gasteiger partial charge in [-0.2, -0.15) is 0 Å². The Morgan fingerprint density at radius 3 is 2.23 bits per heavy atom. The van der Waals surface area contributed by atoms with Gasteiger partial charge in [0, 0.05) is 6.07 Å². The summed E-state index contributed by atoms with van der Waals surface area (Å²) in [5, 5.41) is 69.8. The molecule has 0 aliphatic carbocycles. The van der Waals surface area contributed by atoms with Crippen molar-refractivity contribution < 1.29 is 44.9 Å². The third kappa shape index (κ3) is 3.40. The highest BCUT2D eigenvalue weighted by Crippen LogP contribution is 2.43. The average Bonchev–Trinajstić information content (AvgIpc) is 2.74. The molecule has 2 heterocycles. The molecule has 1 aromatic heterocycles. The third-order valence-electron chi connectivity index (χ3n) is 5.40. The third-order valence-corrected chi connectivity index (χ3v) is 5.40. The van der Waals surface area contributed by atoms with Crippen molar-refractivity contribution in [2.45, 2.75) is 30.5 Å². The quantitative estimate of drug-likeness (QED) is 0.300. The molecule has 0 saturated carbocycles. The minimum atomic E-state index is -1.74. The lowest BCUT2D eigenvalue weighted by molar-refractivity contribution is -0.231. The molecule has 31 heavy (non-hydrogen) atoms. The van der Waals surface area contributed by atoms with Gasteiger partial charge >= 0.3 is 0 Å². The van der Waals surface area contributed by atoms with E-state index in [1.165, 1.54) is 24.3 Å². The van der Waals surface area contributed by atoms with Gasteiger partial charge in [-0.1, -0.05) is 12.1 Å². The van der Waals surface area contributed by atoms with E-state index in [4.69, 9.17) is 9.15 Å². The van der Waals surface area contributed by atoms with Crippen LogP contribution < -0.4 is 5.43 Å². The Balaban J connectivity index is 1.92. The molecule has 0 amide bonds. The van der Waals surface area contributed by atoms with E-state index < -0.39 is 54.1 Å². The van der Waals surface area contributed by atoms with Crippen molar-refractivity contribution in [2.24, 2.45) is 0 Å². The number of hydrogen-bond donors (Lipinski definition) is 7. The van der Waals surface area contributed by atoms with Crippen LogP contribution in [0.5, 0.6) is 17.2 Å². The molecule has 3 aromatic rings. The van der Waals surface area contributed by atoms with Crippen molar-refractivity contribution in [3.63, 3.8) is 0 Å². The molecule has 164 valence electrons. The smallest absolute Gasteiger partial charge is 0.204 e. The van der Waals surface area contributed by atoms with Gasteiger partial charge in [0.1, 0.15) is 59.4 Å². The van der Waals surface area contributed by atoms with E-state index >= 15 is 0 Å². The van der Waals surface area contributed by atoms with Gasteiger partial charge in [-0.05, 0) is 17.7 Å². The van der Waals surface area contributed by atoms with Crippen LogP contribution in [0.2, 0.25) is 0 Å². The summed E-state index contributed by atoms with van der Waals surface area (Å²) in [6.07, 6.45) is -6.73. The Morgan fingerprint density at radius 2 is 1.58 bits per heavy atom. The van der Waals surface area contributed by atoms with Crippen LogP contribution in [-0.2, 0) is 4.74 Å². The SMILES string of the molecule is O=c1c(-c2ccc(O)cc2)coc2c([C@@H]3O[C@@H](CO)[C@@H](O)[C@H](O)[C@@H]3O)c(O)cc(O)c12.